The summed E-state index contributed by atoms with van der Waals surface area (Å²) in [6, 6.07) is 1.93. The number of hydrogen-bond donors (Lipinski definition) is 1. The number of nitrogens with one attached hydrogen (secondary N) is 1. The van der Waals surface area contributed by atoms with Gasteiger partial charge in [0.15, 0.2) is 5.82 Å². The Morgan fingerprint density at radius 1 is 1.39 bits per heavy atom. The third-order valence-corrected chi connectivity index (χ3v) is 3.91. The van der Waals surface area contributed by atoms with E-state index in [0.717, 1.165) is 27.5 Å². The largest absolute Gasteiger partial charge is 0.372 e. The third-order valence-electron chi connectivity index (χ3n) is 3.13. The fourth-order valence-corrected chi connectivity index (χ4v) is 2.66. The highest BCUT2D eigenvalue weighted by Gasteiger charge is 2.29. The van der Waals surface area contributed by atoms with Crippen molar-refractivity contribution >= 4 is 21.7 Å². The van der Waals surface area contributed by atoms with Gasteiger partial charge in [-0.2, -0.15) is 5.10 Å². The minimum absolute atomic E-state index is 0.571. The predicted octanol–water partition coefficient (Wildman–Crippen LogP) is 2.56. The molecule has 0 saturated heterocycles. The average Bonchev–Trinajstić information content (AvgIpc) is 3.12. The van der Waals surface area contributed by atoms with Crippen LogP contribution < -0.4 is 5.32 Å². The maximum absolute atomic E-state index is 4.69. The van der Waals surface area contributed by atoms with E-state index in [1.807, 2.05) is 20.2 Å². The number of hydrogen-bond acceptors (Lipinski definition) is 4. The smallest absolute Gasteiger partial charge is 0.180 e. The Morgan fingerprint density at radius 3 is 2.72 bits per heavy atom. The first-order valence-corrected chi connectivity index (χ1v) is 6.73. The van der Waals surface area contributed by atoms with E-state index in [4.69, 9.17) is 0 Å². The number of nitrogens with zero attached hydrogens (tertiary/aromatic N) is 4. The van der Waals surface area contributed by atoms with Crippen LogP contribution in [0, 0.1) is 0 Å². The minimum Gasteiger partial charge on any atom is -0.372 e. The van der Waals surface area contributed by atoms with Crippen molar-refractivity contribution in [2.75, 3.05) is 12.4 Å². The first kappa shape index (κ1) is 11.6. The Morgan fingerprint density at radius 2 is 2.17 bits per heavy atom. The van der Waals surface area contributed by atoms with Gasteiger partial charge in [0.2, 0.25) is 0 Å². The molecule has 0 aromatic carbocycles. The highest BCUT2D eigenvalue weighted by Crippen LogP contribution is 2.44. The number of anilines is 1. The Balaban J connectivity index is 2.15. The number of halogens is 1. The van der Waals surface area contributed by atoms with E-state index in [2.05, 4.69) is 36.3 Å². The van der Waals surface area contributed by atoms with Crippen molar-refractivity contribution in [2.24, 2.45) is 7.05 Å². The molecule has 0 bridgehead atoms. The molecule has 2 heterocycles. The molecule has 1 fully saturated rings. The van der Waals surface area contributed by atoms with Crippen LogP contribution in [-0.4, -0.2) is 26.8 Å². The highest BCUT2D eigenvalue weighted by atomic mass is 79.9. The molecule has 0 amide bonds. The van der Waals surface area contributed by atoms with Gasteiger partial charge in [-0.25, -0.2) is 9.97 Å². The van der Waals surface area contributed by atoms with E-state index in [1.54, 1.807) is 10.9 Å². The summed E-state index contributed by atoms with van der Waals surface area (Å²) in [6.45, 7) is 0. The van der Waals surface area contributed by atoms with Gasteiger partial charge in [-0.05, 0) is 34.8 Å². The van der Waals surface area contributed by atoms with Crippen molar-refractivity contribution in [1.29, 1.82) is 0 Å². The molecule has 0 radical (unpaired) electrons. The van der Waals surface area contributed by atoms with E-state index in [1.165, 1.54) is 12.8 Å². The van der Waals surface area contributed by atoms with Crippen LogP contribution in [0.5, 0.6) is 0 Å². The molecule has 6 heteroatoms. The predicted molar refractivity (Wildman–Crippen MR) is 73.5 cm³/mol. The SMILES string of the molecule is CNc1nc(-c2ccnn2C)nc(C2CC2)c1Br. The zero-order valence-corrected chi connectivity index (χ0v) is 11.9. The summed E-state index contributed by atoms with van der Waals surface area (Å²) in [7, 11) is 3.77. The van der Waals surface area contributed by atoms with Crippen molar-refractivity contribution in [1.82, 2.24) is 19.7 Å². The summed E-state index contributed by atoms with van der Waals surface area (Å²) < 4.78 is 2.78. The molecule has 0 atom stereocenters. The first-order chi connectivity index (χ1) is 8.70. The monoisotopic (exact) mass is 307 g/mol. The normalized spacial score (nSPS) is 14.8. The van der Waals surface area contributed by atoms with Crippen LogP contribution in [0.15, 0.2) is 16.7 Å². The van der Waals surface area contributed by atoms with Gasteiger partial charge < -0.3 is 5.32 Å². The molecule has 0 aliphatic heterocycles. The van der Waals surface area contributed by atoms with Crippen LogP contribution in [0.2, 0.25) is 0 Å². The summed E-state index contributed by atoms with van der Waals surface area (Å²) in [6.07, 6.45) is 4.18. The lowest BCUT2D eigenvalue weighted by atomic mass is 10.2. The van der Waals surface area contributed by atoms with Gasteiger partial charge in [-0.1, -0.05) is 0 Å². The molecule has 2 aromatic heterocycles. The molecular weight excluding hydrogens is 294 g/mol. The molecule has 0 unspecified atom stereocenters. The number of aryl methyl sites for hydroxylation is 1. The van der Waals surface area contributed by atoms with Crippen molar-refractivity contribution in [2.45, 2.75) is 18.8 Å². The summed E-state index contributed by atoms with van der Waals surface area (Å²) in [4.78, 5) is 9.22. The molecule has 94 valence electrons. The van der Waals surface area contributed by atoms with E-state index < -0.39 is 0 Å². The van der Waals surface area contributed by atoms with Crippen molar-refractivity contribution < 1.29 is 0 Å². The minimum atomic E-state index is 0.571. The van der Waals surface area contributed by atoms with Crippen molar-refractivity contribution in [3.05, 3.63) is 22.4 Å². The lowest BCUT2D eigenvalue weighted by Crippen LogP contribution is -2.05. The molecule has 18 heavy (non-hydrogen) atoms. The fraction of sp³-hybridized carbons (Fsp3) is 0.417. The van der Waals surface area contributed by atoms with Gasteiger partial charge in [-0.3, -0.25) is 4.68 Å². The Bertz CT molecular complexity index is 588. The lowest BCUT2D eigenvalue weighted by molar-refractivity contribution is 0.768. The summed E-state index contributed by atoms with van der Waals surface area (Å²) in [5, 5.41) is 7.28. The third kappa shape index (κ3) is 1.90. The first-order valence-electron chi connectivity index (χ1n) is 5.94. The van der Waals surface area contributed by atoms with E-state index in [9.17, 15) is 0 Å². The highest BCUT2D eigenvalue weighted by molar-refractivity contribution is 9.10. The van der Waals surface area contributed by atoms with Crippen LogP contribution in [0.25, 0.3) is 11.5 Å². The van der Waals surface area contributed by atoms with Crippen LogP contribution >= 0.6 is 15.9 Å². The standard InChI is InChI=1S/C12H14BrN5/c1-14-12-9(13)10(7-3-4-7)16-11(17-12)8-5-6-15-18(8)2/h5-7H,3-4H2,1-2H3,(H,14,16,17). The fourth-order valence-electron chi connectivity index (χ4n) is 1.97. The van der Waals surface area contributed by atoms with Gasteiger partial charge >= 0.3 is 0 Å². The van der Waals surface area contributed by atoms with Gasteiger partial charge in [0.25, 0.3) is 0 Å². The lowest BCUT2D eigenvalue weighted by Gasteiger charge is -2.10. The molecule has 1 aliphatic carbocycles. The van der Waals surface area contributed by atoms with Crippen LogP contribution in [-0.2, 0) is 7.05 Å². The van der Waals surface area contributed by atoms with Crippen molar-refractivity contribution in [3.8, 4) is 11.5 Å². The second-order valence-electron chi connectivity index (χ2n) is 4.46. The molecule has 5 nitrogen and oxygen atoms in total. The molecule has 1 saturated carbocycles. The topological polar surface area (TPSA) is 55.6 Å². The second kappa shape index (κ2) is 4.35. The van der Waals surface area contributed by atoms with Crippen molar-refractivity contribution in [3.63, 3.8) is 0 Å². The Kier molecular flexibility index (Phi) is 2.81. The maximum atomic E-state index is 4.69. The van der Waals surface area contributed by atoms with Crippen LogP contribution in [0.1, 0.15) is 24.5 Å². The summed E-state index contributed by atoms with van der Waals surface area (Å²) >= 11 is 3.59. The van der Waals surface area contributed by atoms with Gasteiger partial charge in [-0.15, -0.1) is 0 Å². The van der Waals surface area contributed by atoms with Gasteiger partial charge in [0.1, 0.15) is 11.5 Å². The number of rotatable bonds is 3. The van der Waals surface area contributed by atoms with E-state index in [0.29, 0.717) is 5.92 Å². The van der Waals surface area contributed by atoms with E-state index in [-0.39, 0.29) is 0 Å². The summed E-state index contributed by atoms with van der Waals surface area (Å²) in [5.41, 5.74) is 2.03. The van der Waals surface area contributed by atoms with Crippen LogP contribution in [0.3, 0.4) is 0 Å². The van der Waals surface area contributed by atoms with Gasteiger partial charge in [0, 0.05) is 26.2 Å². The Hall–Kier alpha value is -1.43. The molecule has 3 rings (SSSR count). The second-order valence-corrected chi connectivity index (χ2v) is 5.25. The Labute approximate surface area is 114 Å². The maximum Gasteiger partial charge on any atom is 0.180 e. The quantitative estimate of drug-likeness (QED) is 0.947. The molecule has 1 N–H and O–H groups in total. The zero-order valence-electron chi connectivity index (χ0n) is 10.3. The zero-order chi connectivity index (χ0) is 12.7. The van der Waals surface area contributed by atoms with E-state index >= 15 is 0 Å². The molecule has 2 aromatic rings. The van der Waals surface area contributed by atoms with Crippen LogP contribution in [0.4, 0.5) is 5.82 Å². The average molecular weight is 308 g/mol. The summed E-state index contributed by atoms with van der Waals surface area (Å²) in [5.74, 6) is 2.13. The number of aromatic nitrogens is 4. The van der Waals surface area contributed by atoms with Gasteiger partial charge in [0.05, 0.1) is 10.2 Å². The molecular formula is C12H14BrN5. The molecule has 0 spiro atoms. The molecule has 1 aliphatic rings.